The van der Waals surface area contributed by atoms with Crippen LogP contribution in [0.1, 0.15) is 72.9 Å². The Hall–Kier alpha value is -4.97. The van der Waals surface area contributed by atoms with E-state index < -0.39 is 58.5 Å². The molecule has 0 spiro atoms. The fourth-order valence-corrected chi connectivity index (χ4v) is 20.8. The van der Waals surface area contributed by atoms with Crippen LogP contribution in [0.5, 0.6) is 11.5 Å². The van der Waals surface area contributed by atoms with Gasteiger partial charge in [0.25, 0.3) is 0 Å². The molecule has 0 atom stereocenters. The van der Waals surface area contributed by atoms with Crippen molar-refractivity contribution in [2.45, 2.75) is 58.3 Å². The normalized spacial score (nSPS) is 13.6. The van der Waals surface area contributed by atoms with E-state index in [4.69, 9.17) is 54.4 Å². The first-order chi connectivity index (χ1) is 39.4. The van der Waals surface area contributed by atoms with E-state index in [0.29, 0.717) is 92.1 Å². The third-order valence-electron chi connectivity index (χ3n) is 15.1. The number of aryl methyl sites for hydroxylation is 2. The molecule has 14 rings (SSSR count). The molecule has 0 N–H and O–H groups in total. The summed E-state index contributed by atoms with van der Waals surface area (Å²) in [6, 6.07) is 36.1. The number of hydrogen-bond acceptors (Lipinski definition) is 18. The summed E-state index contributed by atoms with van der Waals surface area (Å²) >= 11 is -5.56. The molecule has 4 aliphatic heterocycles. The zero-order chi connectivity index (χ0) is 57.1. The summed E-state index contributed by atoms with van der Waals surface area (Å²) in [4.78, 5) is 32.1. The fourth-order valence-electron chi connectivity index (χ4n) is 11.5. The van der Waals surface area contributed by atoms with E-state index >= 15 is 0 Å². The van der Waals surface area contributed by atoms with E-state index in [-0.39, 0.29) is 135 Å². The number of fused-ring (bicyclic) bond motifs is 18. The first kappa shape index (κ1) is 63.1. The average molecular weight is 1320 g/mol. The van der Waals surface area contributed by atoms with Crippen molar-refractivity contribution < 1.29 is 139 Å². The monoisotopic (exact) mass is 1320 g/mol. The zero-order valence-electron chi connectivity index (χ0n) is 46.9. The minimum absolute atomic E-state index is 0. The summed E-state index contributed by atoms with van der Waals surface area (Å²) < 4.78 is 128. The summed E-state index contributed by atoms with van der Waals surface area (Å²) in [5, 5.41) is 7.90. The van der Waals surface area contributed by atoms with Gasteiger partial charge in [-0.3, -0.25) is 0 Å². The van der Waals surface area contributed by atoms with Gasteiger partial charge in [0.2, 0.25) is 0 Å². The topological polar surface area (TPSA) is 277 Å². The standard InChI is InChI=1S/C58H43N8O5S.In.3Na.H2O4S.O3S/c1-5-7-23-70-49-39-19-13-11-17-37(39)30(3)45-47(49)57-63-53-43-28-34-21-22-36(72(67,68)69)25-35(34)29-44(43)54(60-53)64-58-48-46(31(4)38-18-12-14-20-40(38)50(48)71-24-8-6-2)56(66-58)62-52-42-27-33-16-10-9-15-32(33)26-41(42)51(59-52)61-55(45)65-57;;;;;1-5(2,3)4;1-4(2)3/h10-22,25-29H,5-8,23-24H2,1-4H3,(H-2,59,60,61,62,63,64,65,66,67,68,69);;;;;(H2,1,2,3,4);/q-3;+3;3*+1;;/p-3. The minimum Gasteiger partial charge on any atom is -0.142 e. The number of amidine groups is 4. The second-order valence-electron chi connectivity index (χ2n) is 20.0. The molecule has 0 saturated carbocycles. The minimum atomic E-state index is -5.60. The molecular formula is C58H42InN8Na3O12S3. The van der Waals surface area contributed by atoms with Crippen molar-refractivity contribution in [1.29, 1.82) is 0 Å². The SMILES string of the molecule is CCCCOc1c2ccccc2c(C)c2c3[n]4c(c12)N=C1N=C(N=c2c5c(OCCCC)c6ccccc6c(C)c5c([n]2[In]4[O]S(=O)(=O)[O-])=NC2=NC(=N3)c3cc4c[c-]ccc4cc32)c2cc3cc(S(=O)(=O)[O-])ccc3cc21.O=S(=O)=O.[Na+].[Na+].[Na+]. The Morgan fingerprint density at radius 2 is 1.00 bits per heavy atom. The van der Waals surface area contributed by atoms with Crippen molar-refractivity contribution in [1.82, 2.24) is 5.11 Å². The van der Waals surface area contributed by atoms with E-state index in [1.807, 2.05) is 92.7 Å². The van der Waals surface area contributed by atoms with Gasteiger partial charge < -0.3 is 0 Å². The number of rotatable bonds is 11. The predicted molar refractivity (Wildman–Crippen MR) is 309 cm³/mol. The Balaban J connectivity index is 0.00000111. The second-order valence-corrected chi connectivity index (χ2v) is 29.2. The molecule has 85 heavy (non-hydrogen) atoms. The largest absolute Gasteiger partial charge is 1.00 e. The summed E-state index contributed by atoms with van der Waals surface area (Å²) in [5.74, 6) is 2.06. The molecule has 10 aromatic rings. The average Bonchev–Trinajstić information content (AvgIpc) is 2.01. The maximum Gasteiger partial charge on any atom is 1.00 e. The van der Waals surface area contributed by atoms with Gasteiger partial charge in [0.1, 0.15) is 0 Å². The van der Waals surface area contributed by atoms with Crippen LogP contribution >= 0.6 is 0 Å². The van der Waals surface area contributed by atoms with Gasteiger partial charge in [-0.05, 0) is 0 Å². The second kappa shape index (κ2) is 24.5. The number of aliphatic imine (C=N–C) groups is 4. The Morgan fingerprint density at radius 1 is 0.541 bits per heavy atom. The molecule has 20 nitrogen and oxygen atoms in total. The first-order valence-electron chi connectivity index (χ1n) is 26.0. The van der Waals surface area contributed by atoms with Gasteiger partial charge in [-0.1, -0.05) is 0 Å². The van der Waals surface area contributed by atoms with Crippen LogP contribution in [0.3, 0.4) is 0 Å². The molecule has 4 aliphatic rings. The molecule has 2 aromatic heterocycles. The van der Waals surface area contributed by atoms with Crippen LogP contribution in [-0.4, -0.2) is 103 Å². The van der Waals surface area contributed by atoms with E-state index in [2.05, 4.69) is 19.9 Å². The molecule has 0 aliphatic carbocycles. The van der Waals surface area contributed by atoms with Crippen molar-refractivity contribution >= 4 is 153 Å². The Morgan fingerprint density at radius 3 is 1.53 bits per heavy atom. The van der Waals surface area contributed by atoms with Gasteiger partial charge >= 0.3 is 557 Å². The zero-order valence-corrected chi connectivity index (χ0v) is 58.7. The third-order valence-corrected chi connectivity index (χ3v) is 25.1. The molecule has 8 aromatic carbocycles. The molecule has 0 saturated heterocycles. The quantitative estimate of drug-likeness (QED) is 0.0531. The van der Waals surface area contributed by atoms with Gasteiger partial charge in [-0.15, -0.1) is 12.6 Å². The van der Waals surface area contributed by atoms with E-state index in [1.54, 1.807) is 23.3 Å². The van der Waals surface area contributed by atoms with Crippen molar-refractivity contribution in [3.05, 3.63) is 160 Å². The van der Waals surface area contributed by atoms with E-state index in [0.717, 1.165) is 56.3 Å². The summed E-state index contributed by atoms with van der Waals surface area (Å²) in [5.41, 5.74) is 4.05. The molecule has 27 heteroatoms. The molecule has 0 unspecified atom stereocenters. The number of hydrogen-bond donors (Lipinski definition) is 0. The molecule has 0 fully saturated rings. The van der Waals surface area contributed by atoms with Crippen LogP contribution in [0, 0.1) is 19.9 Å². The summed E-state index contributed by atoms with van der Waals surface area (Å²) in [7, 11) is -13.6. The van der Waals surface area contributed by atoms with Gasteiger partial charge in [0, 0.05) is 0 Å². The van der Waals surface area contributed by atoms with Crippen LogP contribution in [-0.2, 0) is 33.4 Å². The van der Waals surface area contributed by atoms with Gasteiger partial charge in [-0.2, -0.15) is 0 Å². The van der Waals surface area contributed by atoms with Crippen molar-refractivity contribution in [3.63, 3.8) is 0 Å². The fraction of sp³-hybridized carbons (Fsp3) is 0.172. The molecule has 0 amide bonds. The van der Waals surface area contributed by atoms with Gasteiger partial charge in [0.05, 0.1) is 0 Å². The number of aromatic nitrogens is 2. The van der Waals surface area contributed by atoms with E-state index in [1.165, 1.54) is 12.1 Å². The molecule has 0 radical (unpaired) electrons. The number of unbranched alkanes of at least 4 members (excludes halogenated alkanes) is 2. The number of benzene rings is 8. The summed E-state index contributed by atoms with van der Waals surface area (Å²) in [6.45, 7) is 8.68. The summed E-state index contributed by atoms with van der Waals surface area (Å²) in [6.07, 6.45) is 3.04. The maximum absolute atomic E-state index is 13.9. The van der Waals surface area contributed by atoms with Crippen LogP contribution in [0.2, 0.25) is 0 Å². The molecule has 6 bridgehead atoms. The number of nitrogens with zero attached hydrogens (tertiary/aromatic N) is 8. The predicted octanol–water partition coefficient (Wildman–Crippen LogP) is -0.303. The number of ether oxygens (including phenoxy) is 2. The van der Waals surface area contributed by atoms with Crippen molar-refractivity contribution in [2.75, 3.05) is 13.2 Å². The first-order valence-corrected chi connectivity index (χ1v) is 34.1. The molecular weight excluding hydrogens is 1280 g/mol. The van der Waals surface area contributed by atoms with E-state index in [9.17, 15) is 25.9 Å². The Bertz CT molecular complexity index is 5190. The van der Waals surface area contributed by atoms with Crippen LogP contribution in [0.25, 0.3) is 64.6 Å². The Labute approximate surface area is 563 Å². The van der Waals surface area contributed by atoms with Crippen LogP contribution < -0.4 is 109 Å². The molecule has 6 heterocycles. The van der Waals surface area contributed by atoms with Gasteiger partial charge in [0.15, 0.2) is 0 Å². The molecule has 410 valence electrons. The Kier molecular flexibility index (Phi) is 18.2. The maximum atomic E-state index is 13.9. The van der Waals surface area contributed by atoms with Crippen molar-refractivity contribution in [2.24, 2.45) is 30.0 Å². The van der Waals surface area contributed by atoms with Gasteiger partial charge in [-0.25, -0.2) is 0 Å². The van der Waals surface area contributed by atoms with Crippen molar-refractivity contribution in [3.8, 4) is 11.5 Å². The third kappa shape index (κ3) is 11.0. The van der Waals surface area contributed by atoms with Crippen LogP contribution in [0.4, 0.5) is 11.6 Å². The smallest absolute Gasteiger partial charge is 0.142 e. The van der Waals surface area contributed by atoms with Crippen LogP contribution in [0.15, 0.2) is 144 Å².